The van der Waals surface area contributed by atoms with Gasteiger partial charge in [-0.15, -0.1) is 0 Å². The molecule has 0 atom stereocenters. The highest BCUT2D eigenvalue weighted by Gasteiger charge is 2.32. The average Bonchev–Trinajstić information content (AvgIpc) is 2.59. The standard InChI is InChI=1S/C18H33N3O3/c1-14(2)13-24-18(23)21-11-9-20(10-12-21)17(22)16-5-7-19(8-6-16)15(3)4/h14-16H,5-13H2,1-4H3. The summed E-state index contributed by atoms with van der Waals surface area (Å²) in [6, 6.07) is 0.557. The van der Waals surface area contributed by atoms with Crippen LogP contribution in [0, 0.1) is 11.8 Å². The molecule has 6 heteroatoms. The molecule has 2 amide bonds. The first-order chi connectivity index (χ1) is 11.4. The first kappa shape index (κ1) is 19.0. The highest BCUT2D eigenvalue weighted by molar-refractivity contribution is 5.79. The third-order valence-corrected chi connectivity index (χ3v) is 5.00. The first-order valence-corrected chi connectivity index (χ1v) is 9.33. The molecule has 2 rings (SSSR count). The van der Waals surface area contributed by atoms with Gasteiger partial charge in [-0.05, 0) is 45.7 Å². The predicted octanol–water partition coefficient (Wildman–Crippen LogP) is 2.04. The van der Waals surface area contributed by atoms with Crippen molar-refractivity contribution in [2.45, 2.75) is 46.6 Å². The molecule has 138 valence electrons. The van der Waals surface area contributed by atoms with E-state index in [4.69, 9.17) is 4.74 Å². The number of ether oxygens (including phenoxy) is 1. The molecular weight excluding hydrogens is 306 g/mol. The van der Waals surface area contributed by atoms with Gasteiger partial charge in [0.1, 0.15) is 0 Å². The lowest BCUT2D eigenvalue weighted by Gasteiger charge is -2.39. The lowest BCUT2D eigenvalue weighted by molar-refractivity contribution is -0.138. The van der Waals surface area contributed by atoms with Crippen LogP contribution in [0.1, 0.15) is 40.5 Å². The Kier molecular flexibility index (Phi) is 6.90. The third-order valence-electron chi connectivity index (χ3n) is 5.00. The smallest absolute Gasteiger partial charge is 0.409 e. The van der Waals surface area contributed by atoms with Crippen molar-refractivity contribution < 1.29 is 14.3 Å². The molecule has 0 saturated carbocycles. The van der Waals surface area contributed by atoms with Crippen LogP contribution in [0.25, 0.3) is 0 Å². The summed E-state index contributed by atoms with van der Waals surface area (Å²) in [5.41, 5.74) is 0. The van der Waals surface area contributed by atoms with Gasteiger partial charge in [0.25, 0.3) is 0 Å². The first-order valence-electron chi connectivity index (χ1n) is 9.33. The topological polar surface area (TPSA) is 53.1 Å². The number of amides is 2. The summed E-state index contributed by atoms with van der Waals surface area (Å²) in [7, 11) is 0. The number of rotatable bonds is 4. The Hall–Kier alpha value is -1.30. The molecule has 2 fully saturated rings. The van der Waals surface area contributed by atoms with Crippen LogP contribution < -0.4 is 0 Å². The molecule has 0 bridgehead atoms. The van der Waals surface area contributed by atoms with Gasteiger partial charge < -0.3 is 19.4 Å². The second kappa shape index (κ2) is 8.70. The van der Waals surface area contributed by atoms with E-state index in [0.717, 1.165) is 25.9 Å². The van der Waals surface area contributed by atoms with E-state index in [0.29, 0.717) is 44.7 Å². The summed E-state index contributed by atoms with van der Waals surface area (Å²) in [5.74, 6) is 0.765. The number of piperazine rings is 1. The van der Waals surface area contributed by atoms with Gasteiger partial charge in [0.05, 0.1) is 6.61 Å². The second-order valence-electron chi connectivity index (χ2n) is 7.69. The molecule has 0 aromatic heterocycles. The fraction of sp³-hybridized carbons (Fsp3) is 0.889. The quantitative estimate of drug-likeness (QED) is 0.786. The molecule has 0 unspecified atom stereocenters. The van der Waals surface area contributed by atoms with Crippen molar-refractivity contribution in [2.75, 3.05) is 45.9 Å². The van der Waals surface area contributed by atoms with E-state index < -0.39 is 0 Å². The van der Waals surface area contributed by atoms with E-state index >= 15 is 0 Å². The van der Waals surface area contributed by atoms with Crippen LogP contribution in [0.5, 0.6) is 0 Å². The molecule has 0 radical (unpaired) electrons. The van der Waals surface area contributed by atoms with Gasteiger partial charge in [-0.25, -0.2) is 4.79 Å². The SMILES string of the molecule is CC(C)COC(=O)N1CCN(C(=O)C2CCN(C(C)C)CC2)CC1. The number of carbonyl (C=O) groups excluding carboxylic acids is 2. The van der Waals surface area contributed by atoms with Gasteiger partial charge in [0, 0.05) is 38.1 Å². The molecule has 0 aromatic rings. The maximum Gasteiger partial charge on any atom is 0.409 e. The average molecular weight is 339 g/mol. The molecule has 2 aliphatic heterocycles. The maximum atomic E-state index is 12.7. The Bertz CT molecular complexity index is 423. The van der Waals surface area contributed by atoms with Crippen molar-refractivity contribution in [2.24, 2.45) is 11.8 Å². The van der Waals surface area contributed by atoms with Gasteiger partial charge in [0.15, 0.2) is 0 Å². The van der Waals surface area contributed by atoms with Gasteiger partial charge in [-0.2, -0.15) is 0 Å². The molecule has 2 heterocycles. The molecule has 0 spiro atoms. The van der Waals surface area contributed by atoms with Gasteiger partial charge >= 0.3 is 6.09 Å². The summed E-state index contributed by atoms with van der Waals surface area (Å²) in [6.07, 6.45) is 1.66. The third kappa shape index (κ3) is 5.10. The molecule has 0 aromatic carbocycles. The van der Waals surface area contributed by atoms with Crippen molar-refractivity contribution in [3.63, 3.8) is 0 Å². The predicted molar refractivity (Wildman–Crippen MR) is 93.8 cm³/mol. The minimum atomic E-state index is -0.249. The zero-order chi connectivity index (χ0) is 17.7. The van der Waals surface area contributed by atoms with Gasteiger partial charge in [-0.3, -0.25) is 4.79 Å². The molecule has 6 nitrogen and oxygen atoms in total. The number of piperidine rings is 1. The summed E-state index contributed by atoms with van der Waals surface area (Å²) < 4.78 is 5.27. The van der Waals surface area contributed by atoms with Crippen LogP contribution >= 0.6 is 0 Å². The van der Waals surface area contributed by atoms with Crippen LogP contribution in [0.2, 0.25) is 0 Å². The van der Waals surface area contributed by atoms with E-state index in [1.54, 1.807) is 4.90 Å². The van der Waals surface area contributed by atoms with Crippen LogP contribution in [0.3, 0.4) is 0 Å². The molecular formula is C18H33N3O3. The van der Waals surface area contributed by atoms with E-state index in [1.807, 2.05) is 18.7 Å². The van der Waals surface area contributed by atoms with Crippen LogP contribution in [0.15, 0.2) is 0 Å². The van der Waals surface area contributed by atoms with Gasteiger partial charge in [0.2, 0.25) is 5.91 Å². The lowest BCUT2D eigenvalue weighted by Crippen LogP contribution is -2.53. The summed E-state index contributed by atoms with van der Waals surface area (Å²) in [4.78, 5) is 30.8. The molecule has 0 N–H and O–H groups in total. The molecule has 2 aliphatic rings. The zero-order valence-corrected chi connectivity index (χ0v) is 15.7. The van der Waals surface area contributed by atoms with Crippen molar-refractivity contribution >= 4 is 12.0 Å². The number of hydrogen-bond donors (Lipinski definition) is 0. The van der Waals surface area contributed by atoms with Crippen molar-refractivity contribution in [3.05, 3.63) is 0 Å². The number of carbonyl (C=O) groups is 2. The largest absolute Gasteiger partial charge is 0.449 e. The normalized spacial score (nSPS) is 20.8. The fourth-order valence-electron chi connectivity index (χ4n) is 3.36. The van der Waals surface area contributed by atoms with Crippen LogP contribution in [-0.2, 0) is 9.53 Å². The number of nitrogens with zero attached hydrogens (tertiary/aromatic N) is 3. The Morgan fingerprint density at radius 2 is 1.46 bits per heavy atom. The summed E-state index contributed by atoms with van der Waals surface area (Å²) in [6.45, 7) is 13.3. The monoisotopic (exact) mass is 339 g/mol. The van der Waals surface area contributed by atoms with Crippen LogP contribution in [0.4, 0.5) is 4.79 Å². The van der Waals surface area contributed by atoms with Crippen molar-refractivity contribution in [3.8, 4) is 0 Å². The Morgan fingerprint density at radius 3 is 1.96 bits per heavy atom. The highest BCUT2D eigenvalue weighted by atomic mass is 16.6. The Balaban J connectivity index is 1.74. The zero-order valence-electron chi connectivity index (χ0n) is 15.7. The summed E-state index contributed by atoms with van der Waals surface area (Å²) >= 11 is 0. The molecule has 0 aliphatic carbocycles. The second-order valence-corrected chi connectivity index (χ2v) is 7.69. The highest BCUT2D eigenvalue weighted by Crippen LogP contribution is 2.22. The fourth-order valence-corrected chi connectivity index (χ4v) is 3.36. The van der Waals surface area contributed by atoms with Gasteiger partial charge in [-0.1, -0.05) is 13.8 Å². The Labute approximate surface area is 146 Å². The van der Waals surface area contributed by atoms with E-state index in [1.165, 1.54) is 0 Å². The summed E-state index contributed by atoms with van der Waals surface area (Å²) in [5, 5.41) is 0. The molecule has 2 saturated heterocycles. The number of hydrogen-bond acceptors (Lipinski definition) is 4. The van der Waals surface area contributed by atoms with E-state index in [9.17, 15) is 9.59 Å². The Morgan fingerprint density at radius 1 is 0.917 bits per heavy atom. The maximum absolute atomic E-state index is 12.7. The number of likely N-dealkylation sites (tertiary alicyclic amines) is 1. The van der Waals surface area contributed by atoms with E-state index in [-0.39, 0.29) is 17.9 Å². The van der Waals surface area contributed by atoms with Crippen molar-refractivity contribution in [1.29, 1.82) is 0 Å². The molecule has 24 heavy (non-hydrogen) atoms. The minimum absolute atomic E-state index is 0.152. The van der Waals surface area contributed by atoms with Crippen molar-refractivity contribution in [1.82, 2.24) is 14.7 Å². The van der Waals surface area contributed by atoms with E-state index in [2.05, 4.69) is 18.7 Å². The lowest BCUT2D eigenvalue weighted by atomic mass is 9.94. The minimum Gasteiger partial charge on any atom is -0.449 e. The van der Waals surface area contributed by atoms with Crippen LogP contribution in [-0.4, -0.2) is 78.6 Å².